The van der Waals surface area contributed by atoms with E-state index in [-0.39, 0.29) is 16.7 Å². The maximum absolute atomic E-state index is 12.4. The first kappa shape index (κ1) is 16.0. The molecule has 5 nitrogen and oxygen atoms in total. The van der Waals surface area contributed by atoms with E-state index in [1.807, 2.05) is 6.07 Å². The minimum absolute atomic E-state index is 0.0709. The minimum atomic E-state index is -3.35. The van der Waals surface area contributed by atoms with Gasteiger partial charge in [0.05, 0.1) is 22.3 Å². The van der Waals surface area contributed by atoms with Gasteiger partial charge >= 0.3 is 0 Å². The largest absolute Gasteiger partial charge is 0.328 e. The van der Waals surface area contributed by atoms with Crippen LogP contribution in [0.4, 0.5) is 0 Å². The lowest BCUT2D eigenvalue weighted by Gasteiger charge is -2.36. The highest BCUT2D eigenvalue weighted by Gasteiger charge is 2.25. The number of hydrogen-bond acceptors (Lipinski definition) is 5. The summed E-state index contributed by atoms with van der Waals surface area (Å²) in [6, 6.07) is 8.70. The summed E-state index contributed by atoms with van der Waals surface area (Å²) in [7, 11) is -3.35. The first-order chi connectivity index (χ1) is 9.92. The summed E-state index contributed by atoms with van der Waals surface area (Å²) in [4.78, 5) is 2.40. The van der Waals surface area contributed by atoms with E-state index in [2.05, 4.69) is 11.8 Å². The second-order valence-electron chi connectivity index (χ2n) is 5.63. The lowest BCUT2D eigenvalue weighted by Crippen LogP contribution is -2.47. The van der Waals surface area contributed by atoms with Gasteiger partial charge in [0.25, 0.3) is 0 Å². The molecule has 2 unspecified atom stereocenters. The van der Waals surface area contributed by atoms with Crippen LogP contribution in [0.5, 0.6) is 0 Å². The Morgan fingerprint density at radius 2 is 2.24 bits per heavy atom. The van der Waals surface area contributed by atoms with Crippen molar-refractivity contribution in [2.45, 2.75) is 36.7 Å². The van der Waals surface area contributed by atoms with Crippen molar-refractivity contribution in [3.8, 4) is 6.07 Å². The van der Waals surface area contributed by atoms with E-state index in [4.69, 9.17) is 11.0 Å². The van der Waals surface area contributed by atoms with Gasteiger partial charge in [-0.1, -0.05) is 6.07 Å². The summed E-state index contributed by atoms with van der Waals surface area (Å²) in [5.74, 6) is 0.0709. The Bertz CT molecular complexity index is 637. The van der Waals surface area contributed by atoms with Gasteiger partial charge in [-0.05, 0) is 44.5 Å². The number of rotatable bonds is 4. The molecule has 0 saturated carbocycles. The lowest BCUT2D eigenvalue weighted by molar-refractivity contribution is 0.156. The van der Waals surface area contributed by atoms with E-state index in [9.17, 15) is 8.42 Å². The molecular weight excluding hydrogens is 286 g/mol. The molecule has 0 radical (unpaired) electrons. The Hall–Kier alpha value is -1.42. The summed E-state index contributed by atoms with van der Waals surface area (Å²) >= 11 is 0. The van der Waals surface area contributed by atoms with Gasteiger partial charge in [0, 0.05) is 18.6 Å². The molecule has 6 heteroatoms. The summed E-state index contributed by atoms with van der Waals surface area (Å²) in [5.41, 5.74) is 6.29. The zero-order chi connectivity index (χ0) is 15.5. The Balaban J connectivity index is 2.03. The molecule has 114 valence electrons. The highest BCUT2D eigenvalue weighted by molar-refractivity contribution is 7.91. The van der Waals surface area contributed by atoms with Gasteiger partial charge in [-0.25, -0.2) is 8.42 Å². The molecule has 1 aliphatic rings. The van der Waals surface area contributed by atoms with Crippen LogP contribution >= 0.6 is 0 Å². The highest BCUT2D eigenvalue weighted by Crippen LogP contribution is 2.18. The molecule has 1 aromatic carbocycles. The van der Waals surface area contributed by atoms with Crippen LogP contribution < -0.4 is 5.73 Å². The van der Waals surface area contributed by atoms with E-state index in [0.717, 1.165) is 19.4 Å². The third kappa shape index (κ3) is 4.03. The Morgan fingerprint density at radius 3 is 2.90 bits per heavy atom. The van der Waals surface area contributed by atoms with Crippen LogP contribution in [0.15, 0.2) is 29.2 Å². The van der Waals surface area contributed by atoms with Crippen molar-refractivity contribution in [3.63, 3.8) is 0 Å². The molecule has 0 aliphatic carbocycles. The van der Waals surface area contributed by atoms with Crippen molar-refractivity contribution in [1.82, 2.24) is 4.90 Å². The average molecular weight is 307 g/mol. The maximum atomic E-state index is 12.4. The molecule has 2 rings (SSSR count). The van der Waals surface area contributed by atoms with Gasteiger partial charge in [-0.15, -0.1) is 0 Å². The smallest absolute Gasteiger partial charge is 0.179 e. The van der Waals surface area contributed by atoms with Gasteiger partial charge in [-0.2, -0.15) is 5.26 Å². The van der Waals surface area contributed by atoms with Crippen LogP contribution in [-0.2, 0) is 9.84 Å². The molecule has 0 aromatic heterocycles. The highest BCUT2D eigenvalue weighted by atomic mass is 32.2. The molecule has 2 atom stereocenters. The molecule has 1 saturated heterocycles. The molecule has 1 aliphatic heterocycles. The minimum Gasteiger partial charge on any atom is -0.328 e. The summed E-state index contributed by atoms with van der Waals surface area (Å²) < 4.78 is 24.7. The SMILES string of the molecule is CC1CC(N)CCN1CCS(=O)(=O)c1cccc(C#N)c1. The Morgan fingerprint density at radius 1 is 1.48 bits per heavy atom. The van der Waals surface area contributed by atoms with Crippen molar-refractivity contribution < 1.29 is 8.42 Å². The van der Waals surface area contributed by atoms with Gasteiger partial charge in [0.1, 0.15) is 0 Å². The predicted molar refractivity (Wildman–Crippen MR) is 81.5 cm³/mol. The second-order valence-corrected chi connectivity index (χ2v) is 7.74. The number of likely N-dealkylation sites (tertiary alicyclic amines) is 1. The number of nitrogens with two attached hydrogens (primary N) is 1. The summed E-state index contributed by atoms with van der Waals surface area (Å²) in [5, 5.41) is 8.86. The van der Waals surface area contributed by atoms with Gasteiger partial charge in [-0.3, -0.25) is 4.90 Å². The zero-order valence-electron chi connectivity index (χ0n) is 12.2. The Kier molecular flexibility index (Phi) is 4.99. The molecule has 1 fully saturated rings. The van der Waals surface area contributed by atoms with Crippen LogP contribution in [0, 0.1) is 11.3 Å². The predicted octanol–water partition coefficient (Wildman–Crippen LogP) is 1.14. The summed E-state index contributed by atoms with van der Waals surface area (Å²) in [6.45, 7) is 3.44. The molecule has 21 heavy (non-hydrogen) atoms. The van der Waals surface area contributed by atoms with E-state index in [0.29, 0.717) is 18.2 Å². The van der Waals surface area contributed by atoms with Crippen molar-refractivity contribution in [1.29, 1.82) is 5.26 Å². The number of benzene rings is 1. The molecule has 0 bridgehead atoms. The normalized spacial score (nSPS) is 23.7. The molecule has 2 N–H and O–H groups in total. The molecular formula is C15H21N3O2S. The number of hydrogen-bond donors (Lipinski definition) is 1. The Labute approximate surface area is 126 Å². The second kappa shape index (κ2) is 6.56. The topological polar surface area (TPSA) is 87.2 Å². The van der Waals surface area contributed by atoms with E-state index in [1.165, 1.54) is 6.07 Å². The molecule has 1 aromatic rings. The summed E-state index contributed by atoms with van der Waals surface area (Å²) in [6.07, 6.45) is 1.82. The average Bonchev–Trinajstić information content (AvgIpc) is 2.46. The quantitative estimate of drug-likeness (QED) is 0.901. The van der Waals surface area contributed by atoms with Crippen molar-refractivity contribution in [2.75, 3.05) is 18.8 Å². The third-order valence-corrected chi connectivity index (χ3v) is 5.72. The van der Waals surface area contributed by atoms with Crippen LogP contribution in [0.25, 0.3) is 0 Å². The van der Waals surface area contributed by atoms with Gasteiger partial charge in [0.2, 0.25) is 0 Å². The van der Waals surface area contributed by atoms with Crippen molar-refractivity contribution in [2.24, 2.45) is 5.73 Å². The number of sulfone groups is 1. The van der Waals surface area contributed by atoms with E-state index in [1.54, 1.807) is 18.2 Å². The molecule has 0 spiro atoms. The van der Waals surface area contributed by atoms with Gasteiger partial charge < -0.3 is 5.73 Å². The number of nitrogens with zero attached hydrogens (tertiary/aromatic N) is 2. The van der Waals surface area contributed by atoms with E-state index < -0.39 is 9.84 Å². The fourth-order valence-corrected chi connectivity index (χ4v) is 4.01. The van der Waals surface area contributed by atoms with Crippen LogP contribution in [0.3, 0.4) is 0 Å². The van der Waals surface area contributed by atoms with Crippen molar-refractivity contribution >= 4 is 9.84 Å². The maximum Gasteiger partial charge on any atom is 0.179 e. The monoisotopic (exact) mass is 307 g/mol. The van der Waals surface area contributed by atoms with E-state index >= 15 is 0 Å². The third-order valence-electron chi connectivity index (χ3n) is 4.02. The first-order valence-electron chi connectivity index (χ1n) is 7.15. The van der Waals surface area contributed by atoms with Crippen molar-refractivity contribution in [3.05, 3.63) is 29.8 Å². The number of nitriles is 1. The molecule has 0 amide bonds. The standard InChI is InChI=1S/C15H21N3O2S/c1-12-9-14(17)5-6-18(12)7-8-21(19,20)15-4-2-3-13(10-15)11-16/h2-4,10,12,14H,5-9,17H2,1H3. The van der Waals surface area contributed by atoms with Crippen LogP contribution in [0.1, 0.15) is 25.3 Å². The fraction of sp³-hybridized carbons (Fsp3) is 0.533. The fourth-order valence-electron chi connectivity index (χ4n) is 2.70. The van der Waals surface area contributed by atoms with Crippen LogP contribution in [-0.4, -0.2) is 44.2 Å². The van der Waals surface area contributed by atoms with Crippen LogP contribution in [0.2, 0.25) is 0 Å². The molecule has 1 heterocycles. The number of piperidine rings is 1. The van der Waals surface area contributed by atoms with Gasteiger partial charge in [0.15, 0.2) is 9.84 Å². The lowest BCUT2D eigenvalue weighted by atomic mass is 9.99. The first-order valence-corrected chi connectivity index (χ1v) is 8.80. The zero-order valence-corrected chi connectivity index (χ0v) is 13.0.